The second kappa shape index (κ2) is 9.69. The second-order valence-electron chi connectivity index (χ2n) is 8.62. The van der Waals surface area contributed by atoms with Crippen molar-refractivity contribution in [2.75, 3.05) is 31.6 Å². The van der Waals surface area contributed by atoms with Crippen molar-refractivity contribution in [3.63, 3.8) is 0 Å². The minimum atomic E-state index is -0.674. The lowest BCUT2D eigenvalue weighted by Crippen LogP contribution is -2.39. The molecule has 2 aliphatic heterocycles. The molecule has 4 rings (SSSR count). The summed E-state index contributed by atoms with van der Waals surface area (Å²) in [6, 6.07) is 11.0. The molecule has 0 aromatic heterocycles. The topological polar surface area (TPSA) is 99.3 Å². The first-order valence-corrected chi connectivity index (χ1v) is 11.6. The molecule has 2 aliphatic rings. The van der Waals surface area contributed by atoms with Gasteiger partial charge in [0, 0.05) is 26.1 Å². The van der Waals surface area contributed by atoms with Gasteiger partial charge in [-0.3, -0.25) is 24.1 Å². The van der Waals surface area contributed by atoms with E-state index in [1.807, 2.05) is 24.3 Å². The molecule has 2 aromatic carbocycles. The van der Waals surface area contributed by atoms with E-state index in [9.17, 15) is 19.2 Å². The number of hydrogen-bond donors (Lipinski definition) is 1. The van der Waals surface area contributed by atoms with Crippen molar-refractivity contribution in [1.82, 2.24) is 15.1 Å². The summed E-state index contributed by atoms with van der Waals surface area (Å²) in [5, 5.41) is 2.45. The molecule has 186 valence electrons. The number of ether oxygens (including phenoxy) is 1. The molecule has 0 spiro atoms. The summed E-state index contributed by atoms with van der Waals surface area (Å²) in [6.07, 6.45) is 0. The number of likely N-dealkylation sites (N-methyl/N-ethyl adjacent to an activating group) is 1. The fourth-order valence-corrected chi connectivity index (χ4v) is 4.30. The predicted molar refractivity (Wildman–Crippen MR) is 135 cm³/mol. The highest BCUT2D eigenvalue weighted by Crippen LogP contribution is 2.39. The Balaban J connectivity index is 1.58. The molecule has 0 saturated carbocycles. The van der Waals surface area contributed by atoms with Crippen LogP contribution in [0.3, 0.4) is 0 Å². The van der Waals surface area contributed by atoms with Crippen molar-refractivity contribution in [3.05, 3.63) is 72.1 Å². The lowest BCUT2D eigenvalue weighted by molar-refractivity contribution is -0.128. The first-order chi connectivity index (χ1) is 17.1. The van der Waals surface area contributed by atoms with Crippen LogP contribution < -0.4 is 15.0 Å². The molecule has 9 heteroatoms. The van der Waals surface area contributed by atoms with E-state index in [-0.39, 0.29) is 29.8 Å². The molecule has 9 nitrogen and oxygen atoms in total. The van der Waals surface area contributed by atoms with Gasteiger partial charge in [-0.2, -0.15) is 0 Å². The molecule has 0 atom stereocenters. The van der Waals surface area contributed by atoms with Gasteiger partial charge in [-0.05, 0) is 41.8 Å². The number of carbonyl (C=O) groups excluding carboxylic acids is 4. The van der Waals surface area contributed by atoms with Crippen LogP contribution in [0.2, 0.25) is 0 Å². The Morgan fingerprint density at radius 1 is 1.11 bits per heavy atom. The van der Waals surface area contributed by atoms with Crippen LogP contribution in [0.5, 0.6) is 5.75 Å². The Bertz CT molecular complexity index is 1320. The molecule has 2 aromatic rings. The number of nitrogens with one attached hydrogen (secondary N) is 1. The van der Waals surface area contributed by atoms with Crippen LogP contribution >= 0.6 is 0 Å². The third kappa shape index (κ3) is 4.35. The number of rotatable bonds is 6. The predicted octanol–water partition coefficient (Wildman–Crippen LogP) is 2.68. The Labute approximate surface area is 209 Å². The van der Waals surface area contributed by atoms with E-state index >= 15 is 0 Å². The SMILES string of the molecule is C=C(NC(=O)C(=C)N1Cc2c(cccc2-c2ccc3c(c2)OCCN3C(C)=O)C1=O)C(=O)N(C)CC. The van der Waals surface area contributed by atoms with E-state index in [1.165, 1.54) is 16.7 Å². The van der Waals surface area contributed by atoms with Crippen LogP contribution in [0.4, 0.5) is 5.69 Å². The van der Waals surface area contributed by atoms with Crippen LogP contribution in [0.15, 0.2) is 61.0 Å². The van der Waals surface area contributed by atoms with E-state index in [0.29, 0.717) is 36.7 Å². The van der Waals surface area contributed by atoms with Crippen molar-refractivity contribution >= 4 is 29.3 Å². The van der Waals surface area contributed by atoms with Gasteiger partial charge in [0.1, 0.15) is 18.1 Å². The molecule has 4 amide bonds. The summed E-state index contributed by atoms with van der Waals surface area (Å²) >= 11 is 0. The highest BCUT2D eigenvalue weighted by atomic mass is 16.5. The Kier molecular flexibility index (Phi) is 6.65. The third-order valence-corrected chi connectivity index (χ3v) is 6.41. The van der Waals surface area contributed by atoms with Gasteiger partial charge in [0.2, 0.25) is 5.91 Å². The van der Waals surface area contributed by atoms with Gasteiger partial charge in [-0.1, -0.05) is 31.4 Å². The fraction of sp³-hybridized carbons (Fsp3) is 0.259. The maximum atomic E-state index is 13.2. The lowest BCUT2D eigenvalue weighted by Gasteiger charge is -2.29. The maximum Gasteiger partial charge on any atom is 0.271 e. The zero-order valence-electron chi connectivity index (χ0n) is 20.6. The number of fused-ring (bicyclic) bond motifs is 2. The molecule has 0 unspecified atom stereocenters. The van der Waals surface area contributed by atoms with E-state index in [4.69, 9.17) is 4.74 Å². The van der Waals surface area contributed by atoms with Crippen molar-refractivity contribution in [2.45, 2.75) is 20.4 Å². The van der Waals surface area contributed by atoms with Gasteiger partial charge in [0.25, 0.3) is 17.7 Å². The summed E-state index contributed by atoms with van der Waals surface area (Å²) in [7, 11) is 1.60. The smallest absolute Gasteiger partial charge is 0.271 e. The van der Waals surface area contributed by atoms with Crippen LogP contribution in [0, 0.1) is 0 Å². The highest BCUT2D eigenvalue weighted by molar-refractivity contribution is 6.08. The standard InChI is InChI=1S/C27H28N4O5/c1-6-29(5)26(34)16(2)28-25(33)17(3)31-15-22-20(8-7-9-21(22)27(31)35)19-10-11-23-24(14-19)36-13-12-30(23)18(4)32/h7-11,14H,2-3,6,12-13,15H2,1,4-5H3,(H,28,33). The maximum absolute atomic E-state index is 13.2. The number of amides is 4. The molecule has 0 fully saturated rings. The number of hydrogen-bond acceptors (Lipinski definition) is 5. The lowest BCUT2D eigenvalue weighted by atomic mass is 9.96. The van der Waals surface area contributed by atoms with Crippen LogP contribution in [0.1, 0.15) is 29.8 Å². The van der Waals surface area contributed by atoms with Gasteiger partial charge in [0.15, 0.2) is 0 Å². The molecule has 0 bridgehead atoms. The summed E-state index contributed by atoms with van der Waals surface area (Å²) in [4.78, 5) is 54.5. The molecular formula is C27H28N4O5. The van der Waals surface area contributed by atoms with E-state index in [1.54, 1.807) is 31.0 Å². The largest absolute Gasteiger partial charge is 0.490 e. The first kappa shape index (κ1) is 24.7. The van der Waals surface area contributed by atoms with Crippen molar-refractivity contribution in [3.8, 4) is 16.9 Å². The average molecular weight is 489 g/mol. The normalized spacial score (nSPS) is 13.9. The number of nitrogens with zero attached hydrogens (tertiary/aromatic N) is 3. The van der Waals surface area contributed by atoms with Gasteiger partial charge in [0.05, 0.1) is 24.5 Å². The molecule has 0 aliphatic carbocycles. The molecular weight excluding hydrogens is 460 g/mol. The number of carbonyl (C=O) groups is 4. The Hall–Kier alpha value is -4.40. The van der Waals surface area contributed by atoms with Gasteiger partial charge in [-0.15, -0.1) is 0 Å². The molecule has 0 saturated heterocycles. The summed E-state index contributed by atoms with van der Waals surface area (Å²) in [5.41, 5.74) is 3.37. The summed E-state index contributed by atoms with van der Waals surface area (Å²) in [5.74, 6) is -0.915. The number of anilines is 1. The average Bonchev–Trinajstić information content (AvgIpc) is 3.22. The van der Waals surface area contributed by atoms with Crippen LogP contribution in [-0.2, 0) is 20.9 Å². The monoisotopic (exact) mass is 488 g/mol. The van der Waals surface area contributed by atoms with Gasteiger partial charge in [-0.25, -0.2) is 0 Å². The van der Waals surface area contributed by atoms with Crippen molar-refractivity contribution in [2.24, 2.45) is 0 Å². The first-order valence-electron chi connectivity index (χ1n) is 11.6. The quantitative estimate of drug-likeness (QED) is 0.631. The van der Waals surface area contributed by atoms with Gasteiger partial charge < -0.3 is 19.9 Å². The van der Waals surface area contributed by atoms with E-state index < -0.39 is 11.8 Å². The minimum Gasteiger partial charge on any atom is -0.490 e. The van der Waals surface area contributed by atoms with Crippen LogP contribution in [0.25, 0.3) is 11.1 Å². The zero-order chi connectivity index (χ0) is 26.1. The highest BCUT2D eigenvalue weighted by Gasteiger charge is 2.34. The summed E-state index contributed by atoms with van der Waals surface area (Å²) in [6.45, 7) is 12.2. The van der Waals surface area contributed by atoms with Crippen molar-refractivity contribution in [1.29, 1.82) is 0 Å². The van der Waals surface area contributed by atoms with E-state index in [0.717, 1.165) is 16.7 Å². The Morgan fingerprint density at radius 3 is 2.53 bits per heavy atom. The second-order valence-corrected chi connectivity index (χ2v) is 8.62. The zero-order valence-corrected chi connectivity index (χ0v) is 20.6. The van der Waals surface area contributed by atoms with Crippen LogP contribution in [-0.4, -0.2) is 60.2 Å². The van der Waals surface area contributed by atoms with E-state index in [2.05, 4.69) is 18.5 Å². The molecule has 0 radical (unpaired) electrons. The molecule has 1 N–H and O–H groups in total. The van der Waals surface area contributed by atoms with Crippen molar-refractivity contribution < 1.29 is 23.9 Å². The minimum absolute atomic E-state index is 0.0587. The fourth-order valence-electron chi connectivity index (χ4n) is 4.30. The summed E-state index contributed by atoms with van der Waals surface area (Å²) < 4.78 is 5.80. The number of benzene rings is 2. The third-order valence-electron chi connectivity index (χ3n) is 6.41. The van der Waals surface area contributed by atoms with Gasteiger partial charge >= 0.3 is 0 Å². The molecule has 36 heavy (non-hydrogen) atoms. The Morgan fingerprint density at radius 2 is 1.83 bits per heavy atom. The molecule has 2 heterocycles.